The van der Waals surface area contributed by atoms with Crippen LogP contribution in [0.4, 0.5) is 31.7 Å². The Morgan fingerprint density at radius 3 is 2.29 bits per heavy atom. The lowest BCUT2D eigenvalue weighted by atomic mass is 9.94. The van der Waals surface area contributed by atoms with E-state index in [1.54, 1.807) is 19.9 Å². The van der Waals surface area contributed by atoms with Gasteiger partial charge in [-0.05, 0) is 82.9 Å². The molecule has 0 saturated heterocycles. The first-order valence-electron chi connectivity index (χ1n) is 16.2. The smallest absolute Gasteiger partial charge is 0.411 e. The zero-order valence-corrected chi connectivity index (χ0v) is 29.0. The van der Waals surface area contributed by atoms with Crippen LogP contribution in [0.3, 0.4) is 0 Å². The summed E-state index contributed by atoms with van der Waals surface area (Å²) in [4.78, 5) is 73.3. The summed E-state index contributed by atoms with van der Waals surface area (Å²) in [6, 6.07) is 6.74. The molecule has 0 bridgehead atoms. The number of aliphatic imine (C=N–C) groups is 1. The van der Waals surface area contributed by atoms with Crippen LogP contribution in [0.2, 0.25) is 0 Å². The Hall–Kier alpha value is -5.47. The second-order valence-corrected chi connectivity index (χ2v) is 11.4. The van der Waals surface area contributed by atoms with E-state index in [1.807, 2.05) is 39.0 Å². The number of carbonyl (C=O) groups is 4. The molecule has 0 atom stereocenters. The van der Waals surface area contributed by atoms with Crippen LogP contribution >= 0.6 is 0 Å². The van der Waals surface area contributed by atoms with Crippen LogP contribution in [0.1, 0.15) is 57.7 Å². The summed E-state index contributed by atoms with van der Waals surface area (Å²) in [5.74, 6) is -0.186. The molecule has 15 nitrogen and oxygen atoms in total. The molecular weight excluding hydrogens is 632 g/mol. The molecule has 5 N–H and O–H groups in total. The number of H-pyrrole nitrogens is 1. The van der Waals surface area contributed by atoms with E-state index >= 15 is 0 Å². The first-order valence-corrected chi connectivity index (χ1v) is 16.2. The summed E-state index contributed by atoms with van der Waals surface area (Å²) in [5.41, 5.74) is 4.65. The normalized spacial score (nSPS) is 13.5. The number of methoxy groups -OCH3 is 1. The molecule has 1 aromatic carbocycles. The fraction of sp³-hybridized carbons (Fsp3) is 0.441. The molecule has 1 heterocycles. The standard InChI is InChI=1S/C34H46N8O7/c1-7-42(25-12-13-26(21(2)18-25)38-27-20-28(39-34(47)48-6)30(44)24(5)23(27)4)16-17-49-33(46)36-15-11-9-8-10-14-35-32(45)41-31-37-22(3)19-29(43)40-31/h12-13,18-20H,7-11,14-17H2,1-6H3,(H,36,46)(H,39,47)(H3,35,37,40,41,43,45)/b38-27+. The number of carbonyl (C=O) groups excluding carboxylic acids is 4. The number of urea groups is 1. The van der Waals surface area contributed by atoms with Gasteiger partial charge in [0.05, 0.1) is 30.8 Å². The first-order chi connectivity index (χ1) is 23.4. The topological polar surface area (TPSA) is 196 Å². The minimum absolute atomic E-state index is 0.0998. The van der Waals surface area contributed by atoms with E-state index in [2.05, 4.69) is 40.9 Å². The van der Waals surface area contributed by atoms with Gasteiger partial charge in [-0.1, -0.05) is 12.8 Å². The van der Waals surface area contributed by atoms with Gasteiger partial charge in [0, 0.05) is 42.7 Å². The minimum atomic E-state index is -0.729. The summed E-state index contributed by atoms with van der Waals surface area (Å²) < 4.78 is 10.0. The molecule has 15 heteroatoms. The predicted molar refractivity (Wildman–Crippen MR) is 188 cm³/mol. The maximum absolute atomic E-state index is 12.6. The highest BCUT2D eigenvalue weighted by Gasteiger charge is 2.24. The van der Waals surface area contributed by atoms with Crippen LogP contribution in [-0.2, 0) is 14.3 Å². The van der Waals surface area contributed by atoms with Crippen LogP contribution in [0, 0.1) is 13.8 Å². The van der Waals surface area contributed by atoms with Crippen molar-refractivity contribution in [2.24, 2.45) is 4.99 Å². The molecule has 0 unspecified atom stereocenters. The van der Waals surface area contributed by atoms with Crippen LogP contribution in [0.15, 0.2) is 57.0 Å². The molecule has 2 aromatic rings. The highest BCUT2D eigenvalue weighted by atomic mass is 16.5. The number of amides is 4. The van der Waals surface area contributed by atoms with Gasteiger partial charge in [-0.2, -0.15) is 4.98 Å². The van der Waals surface area contributed by atoms with E-state index in [-0.39, 0.29) is 24.0 Å². The van der Waals surface area contributed by atoms with Crippen molar-refractivity contribution < 1.29 is 28.7 Å². The summed E-state index contributed by atoms with van der Waals surface area (Å²) in [6.07, 6.45) is 3.63. The number of aromatic nitrogens is 2. The summed E-state index contributed by atoms with van der Waals surface area (Å²) >= 11 is 0. The number of nitrogens with one attached hydrogen (secondary N) is 5. The van der Waals surface area contributed by atoms with Crippen LogP contribution in [-0.4, -0.2) is 79.6 Å². The number of benzene rings is 1. The number of aryl methyl sites for hydroxylation is 2. The lowest BCUT2D eigenvalue weighted by Crippen LogP contribution is -2.31. The maximum Gasteiger partial charge on any atom is 0.411 e. The monoisotopic (exact) mass is 678 g/mol. The van der Waals surface area contributed by atoms with Gasteiger partial charge in [-0.3, -0.25) is 20.2 Å². The van der Waals surface area contributed by atoms with Crippen molar-refractivity contribution in [3.05, 3.63) is 68.8 Å². The zero-order valence-electron chi connectivity index (χ0n) is 29.0. The van der Waals surface area contributed by atoms with E-state index in [1.165, 1.54) is 13.2 Å². The number of anilines is 2. The number of allylic oxidation sites excluding steroid dienone is 3. The van der Waals surface area contributed by atoms with Crippen molar-refractivity contribution in [2.45, 2.75) is 60.3 Å². The fourth-order valence-electron chi connectivity index (χ4n) is 4.89. The predicted octanol–water partition coefficient (Wildman–Crippen LogP) is 4.55. The van der Waals surface area contributed by atoms with Gasteiger partial charge in [-0.15, -0.1) is 0 Å². The molecule has 4 amide bonds. The third kappa shape index (κ3) is 11.9. The van der Waals surface area contributed by atoms with E-state index in [0.29, 0.717) is 43.2 Å². The van der Waals surface area contributed by atoms with E-state index in [4.69, 9.17) is 9.73 Å². The maximum atomic E-state index is 12.6. The zero-order chi connectivity index (χ0) is 35.9. The number of likely N-dealkylation sites (N-methyl/N-ethyl adjacent to an activating group) is 1. The highest BCUT2D eigenvalue weighted by molar-refractivity contribution is 6.25. The molecule has 1 aliphatic carbocycles. The van der Waals surface area contributed by atoms with Crippen molar-refractivity contribution in [1.82, 2.24) is 25.9 Å². The summed E-state index contributed by atoms with van der Waals surface area (Å²) in [7, 11) is 1.23. The van der Waals surface area contributed by atoms with Crippen molar-refractivity contribution in [1.29, 1.82) is 0 Å². The largest absolute Gasteiger partial charge is 0.453 e. The molecule has 0 radical (unpaired) electrons. The van der Waals surface area contributed by atoms with Crippen LogP contribution < -0.4 is 31.7 Å². The van der Waals surface area contributed by atoms with E-state index in [0.717, 1.165) is 48.2 Å². The summed E-state index contributed by atoms with van der Waals surface area (Å²) in [6.45, 7) is 11.5. The SMILES string of the molecule is CCN(CCOC(=O)NCCCCCCNC(=O)Nc1nc(=O)cc(C)[nH]1)c1ccc(/N=C2\C=C(NC(=O)OC)C(=O)C(C)=C2C)c(C)c1. The van der Waals surface area contributed by atoms with Gasteiger partial charge >= 0.3 is 18.2 Å². The Labute approximate surface area is 285 Å². The molecule has 264 valence electrons. The molecule has 1 aromatic heterocycles. The quantitative estimate of drug-likeness (QED) is 0.133. The molecule has 0 aliphatic heterocycles. The molecule has 1 aliphatic rings. The third-order valence-corrected chi connectivity index (χ3v) is 7.77. The highest BCUT2D eigenvalue weighted by Crippen LogP contribution is 2.28. The number of aromatic amines is 1. The van der Waals surface area contributed by atoms with E-state index < -0.39 is 23.8 Å². The van der Waals surface area contributed by atoms with Crippen LogP contribution in [0.25, 0.3) is 0 Å². The van der Waals surface area contributed by atoms with Gasteiger partial charge in [0.15, 0.2) is 0 Å². The van der Waals surface area contributed by atoms with Crippen molar-refractivity contribution in [3.8, 4) is 0 Å². The number of alkyl carbamates (subject to hydrolysis) is 2. The Morgan fingerprint density at radius 2 is 1.63 bits per heavy atom. The fourth-order valence-corrected chi connectivity index (χ4v) is 4.89. The Morgan fingerprint density at radius 1 is 0.918 bits per heavy atom. The molecule has 49 heavy (non-hydrogen) atoms. The Kier molecular flexibility index (Phi) is 14.5. The Bertz CT molecular complexity index is 1680. The Balaban J connectivity index is 1.37. The number of Topliss-reactive ketones (excluding diaryl/α,β-unsaturated/α-hetero) is 1. The number of hydrogen-bond acceptors (Lipinski definition) is 10. The molecule has 3 rings (SSSR count). The molecular formula is C34H46N8O7. The number of unbranched alkanes of at least 4 members (excludes halogenated alkanes) is 3. The van der Waals surface area contributed by atoms with Gasteiger partial charge in [0.25, 0.3) is 5.56 Å². The second-order valence-electron chi connectivity index (χ2n) is 11.4. The van der Waals surface area contributed by atoms with Gasteiger partial charge in [0.1, 0.15) is 6.61 Å². The number of rotatable bonds is 15. The average Bonchev–Trinajstić information content (AvgIpc) is 3.05. The molecule has 0 spiro atoms. The average molecular weight is 679 g/mol. The van der Waals surface area contributed by atoms with Crippen molar-refractivity contribution in [3.63, 3.8) is 0 Å². The lowest BCUT2D eigenvalue weighted by molar-refractivity contribution is -0.112. The van der Waals surface area contributed by atoms with Gasteiger partial charge in [-0.25, -0.2) is 19.4 Å². The number of hydrogen-bond donors (Lipinski definition) is 5. The van der Waals surface area contributed by atoms with E-state index in [9.17, 15) is 24.0 Å². The first kappa shape index (κ1) is 38.0. The van der Waals surface area contributed by atoms with Crippen molar-refractivity contribution >= 4 is 47.0 Å². The lowest BCUT2D eigenvalue weighted by Gasteiger charge is -2.24. The van der Waals surface area contributed by atoms with Crippen molar-refractivity contribution in [2.75, 3.05) is 50.1 Å². The third-order valence-electron chi connectivity index (χ3n) is 7.77. The molecule has 0 fully saturated rings. The number of ketones is 1. The number of ether oxygens (including phenoxy) is 2. The summed E-state index contributed by atoms with van der Waals surface area (Å²) in [5, 5.41) is 10.5. The van der Waals surface area contributed by atoms with Gasteiger partial charge in [0.2, 0.25) is 11.7 Å². The second kappa shape index (κ2) is 18.8. The number of nitrogens with zero attached hydrogens (tertiary/aromatic N) is 3. The van der Waals surface area contributed by atoms with Gasteiger partial charge < -0.3 is 30.0 Å². The molecule has 0 saturated carbocycles. The minimum Gasteiger partial charge on any atom is -0.453 e. The van der Waals surface area contributed by atoms with Crippen LogP contribution in [0.5, 0.6) is 0 Å².